The molecule has 2 aliphatic rings. The van der Waals surface area contributed by atoms with Crippen LogP contribution in [0.15, 0.2) is 30.9 Å². The SMILES string of the molecule is C=CC(=O)N1CCN2C(=O)c3c(N(C)C(C)(C)C)nc(-c4c(O)cccc4F)c(Cl)c3OC[C@H]2C1. The minimum absolute atomic E-state index is 0.0248. The van der Waals surface area contributed by atoms with Crippen molar-refractivity contribution in [2.45, 2.75) is 32.4 Å². The van der Waals surface area contributed by atoms with Gasteiger partial charge in [0.05, 0.1) is 11.6 Å². The fraction of sp³-hybridized carbons (Fsp3) is 0.400. The summed E-state index contributed by atoms with van der Waals surface area (Å²) in [5, 5.41) is 10.4. The van der Waals surface area contributed by atoms with Gasteiger partial charge in [-0.2, -0.15) is 0 Å². The summed E-state index contributed by atoms with van der Waals surface area (Å²) in [6.07, 6.45) is 1.24. The molecule has 1 fully saturated rings. The first-order valence-electron chi connectivity index (χ1n) is 11.3. The first-order valence-corrected chi connectivity index (χ1v) is 11.6. The summed E-state index contributed by atoms with van der Waals surface area (Å²) >= 11 is 6.70. The minimum atomic E-state index is -0.709. The van der Waals surface area contributed by atoms with Crippen LogP contribution in [0.25, 0.3) is 11.3 Å². The van der Waals surface area contributed by atoms with Gasteiger partial charge in [-0.15, -0.1) is 0 Å². The van der Waals surface area contributed by atoms with Crippen molar-refractivity contribution in [2.75, 3.05) is 38.2 Å². The first-order chi connectivity index (χ1) is 16.5. The van der Waals surface area contributed by atoms with E-state index in [1.54, 1.807) is 21.7 Å². The molecule has 1 aromatic heterocycles. The summed E-state index contributed by atoms with van der Waals surface area (Å²) in [5.74, 6) is -1.27. The molecule has 2 amide bonds. The number of anilines is 1. The molecule has 1 aromatic carbocycles. The van der Waals surface area contributed by atoms with Crippen LogP contribution in [0.4, 0.5) is 10.2 Å². The second-order valence-electron chi connectivity index (χ2n) is 9.62. The number of amides is 2. The standard InChI is InChI=1S/C25H28ClFN4O4/c1-6-17(33)30-10-11-31-14(12-30)13-35-22-19(24(31)34)23(29(5)25(2,3)4)28-21(20(22)26)18-15(27)8-7-9-16(18)32/h6-9,14,32H,1,10-13H2,2-5H3/t14-/m1/s1. The Labute approximate surface area is 208 Å². The number of phenols is 1. The van der Waals surface area contributed by atoms with Crippen molar-refractivity contribution in [3.05, 3.63) is 47.3 Å². The lowest BCUT2D eigenvalue weighted by atomic mass is 10.0. The number of hydrogen-bond donors (Lipinski definition) is 1. The zero-order valence-electron chi connectivity index (χ0n) is 20.1. The molecule has 0 aliphatic carbocycles. The molecule has 1 N–H and O–H groups in total. The number of phenolic OH excluding ortho intramolecular Hbond substituents is 1. The minimum Gasteiger partial charge on any atom is -0.507 e. The van der Waals surface area contributed by atoms with Gasteiger partial charge >= 0.3 is 0 Å². The molecule has 4 rings (SSSR count). The van der Waals surface area contributed by atoms with Gasteiger partial charge in [0.2, 0.25) is 5.91 Å². The van der Waals surface area contributed by atoms with E-state index in [1.807, 2.05) is 20.8 Å². The number of halogens is 2. The van der Waals surface area contributed by atoms with Crippen molar-refractivity contribution in [3.8, 4) is 22.8 Å². The smallest absolute Gasteiger partial charge is 0.261 e. The fourth-order valence-corrected chi connectivity index (χ4v) is 4.53. The molecule has 8 nitrogen and oxygen atoms in total. The molecule has 35 heavy (non-hydrogen) atoms. The van der Waals surface area contributed by atoms with Crippen molar-refractivity contribution in [3.63, 3.8) is 0 Å². The number of fused-ring (bicyclic) bond motifs is 2. The van der Waals surface area contributed by atoms with Crippen molar-refractivity contribution in [2.24, 2.45) is 0 Å². The van der Waals surface area contributed by atoms with Gasteiger partial charge in [0, 0.05) is 32.2 Å². The molecule has 3 heterocycles. The van der Waals surface area contributed by atoms with E-state index in [0.29, 0.717) is 13.1 Å². The van der Waals surface area contributed by atoms with E-state index in [4.69, 9.17) is 16.3 Å². The summed E-state index contributed by atoms with van der Waals surface area (Å²) in [6, 6.07) is 3.50. The van der Waals surface area contributed by atoms with Crippen molar-refractivity contribution in [1.29, 1.82) is 0 Å². The number of aromatic nitrogens is 1. The summed E-state index contributed by atoms with van der Waals surface area (Å²) in [5.41, 5.74) is -0.504. The quantitative estimate of drug-likeness (QED) is 0.644. The normalized spacial score (nSPS) is 17.8. The maximum atomic E-state index is 14.8. The molecule has 0 radical (unpaired) electrons. The topological polar surface area (TPSA) is 86.2 Å². The highest BCUT2D eigenvalue weighted by Gasteiger charge is 2.41. The number of benzene rings is 1. The number of carbonyl (C=O) groups excluding carboxylic acids is 2. The van der Waals surface area contributed by atoms with Crippen LogP contribution in [0.5, 0.6) is 11.5 Å². The van der Waals surface area contributed by atoms with Gasteiger partial charge in [-0.05, 0) is 39.0 Å². The predicted octanol–water partition coefficient (Wildman–Crippen LogP) is 3.71. The highest BCUT2D eigenvalue weighted by Crippen LogP contribution is 2.46. The van der Waals surface area contributed by atoms with E-state index in [1.165, 1.54) is 24.3 Å². The Bertz CT molecular complexity index is 1190. The van der Waals surface area contributed by atoms with Gasteiger partial charge in [0.15, 0.2) is 5.75 Å². The number of piperazine rings is 1. The van der Waals surface area contributed by atoms with Gasteiger partial charge < -0.3 is 24.5 Å². The van der Waals surface area contributed by atoms with Gasteiger partial charge in [-0.25, -0.2) is 9.37 Å². The van der Waals surface area contributed by atoms with Crippen LogP contribution in [0.1, 0.15) is 31.1 Å². The number of hydrogen-bond acceptors (Lipinski definition) is 6. The van der Waals surface area contributed by atoms with E-state index in [2.05, 4.69) is 11.6 Å². The maximum absolute atomic E-state index is 14.8. The number of ether oxygens (including phenoxy) is 1. The maximum Gasteiger partial charge on any atom is 0.261 e. The van der Waals surface area contributed by atoms with Crippen molar-refractivity contribution in [1.82, 2.24) is 14.8 Å². The van der Waals surface area contributed by atoms with Crippen LogP contribution in [0.3, 0.4) is 0 Å². The molecule has 0 saturated carbocycles. The summed E-state index contributed by atoms with van der Waals surface area (Å²) in [4.78, 5) is 35.7. The highest BCUT2D eigenvalue weighted by atomic mass is 35.5. The Balaban J connectivity index is 1.91. The van der Waals surface area contributed by atoms with Crippen LogP contribution < -0.4 is 9.64 Å². The van der Waals surface area contributed by atoms with Crippen molar-refractivity contribution < 1.29 is 23.8 Å². The Morgan fingerprint density at radius 3 is 2.69 bits per heavy atom. The lowest BCUT2D eigenvalue weighted by Crippen LogP contribution is -2.57. The number of carbonyl (C=O) groups is 2. The molecular formula is C25H28ClFN4O4. The molecule has 10 heteroatoms. The lowest BCUT2D eigenvalue weighted by molar-refractivity contribution is -0.128. The average molecular weight is 503 g/mol. The Hall–Kier alpha value is -3.33. The van der Waals surface area contributed by atoms with Gasteiger partial charge in [-0.1, -0.05) is 24.2 Å². The molecule has 0 unspecified atom stereocenters. The Kier molecular flexibility index (Phi) is 6.40. The molecule has 2 aliphatic heterocycles. The van der Waals surface area contributed by atoms with E-state index in [9.17, 15) is 19.1 Å². The predicted molar refractivity (Wildman–Crippen MR) is 132 cm³/mol. The number of rotatable bonds is 3. The third kappa shape index (κ3) is 4.29. The zero-order chi connectivity index (χ0) is 25.7. The van der Waals surface area contributed by atoms with Crippen LogP contribution in [-0.4, -0.2) is 76.6 Å². The third-order valence-corrected chi connectivity index (χ3v) is 6.84. The van der Waals surface area contributed by atoms with Gasteiger partial charge in [-0.3, -0.25) is 9.59 Å². The van der Waals surface area contributed by atoms with Gasteiger partial charge in [0.25, 0.3) is 5.91 Å². The van der Waals surface area contributed by atoms with Crippen LogP contribution >= 0.6 is 11.6 Å². The Morgan fingerprint density at radius 1 is 1.34 bits per heavy atom. The molecule has 0 bridgehead atoms. The zero-order valence-corrected chi connectivity index (χ0v) is 20.9. The van der Waals surface area contributed by atoms with Gasteiger partial charge in [0.1, 0.15) is 40.3 Å². The molecular weight excluding hydrogens is 475 g/mol. The molecule has 1 saturated heterocycles. The first kappa shape index (κ1) is 24.8. The monoisotopic (exact) mass is 502 g/mol. The molecule has 2 aromatic rings. The number of aromatic hydroxyl groups is 1. The molecule has 0 spiro atoms. The summed E-state index contributed by atoms with van der Waals surface area (Å²) in [6.45, 7) is 10.4. The van der Waals surface area contributed by atoms with Crippen LogP contribution in [0.2, 0.25) is 5.02 Å². The van der Waals surface area contributed by atoms with E-state index in [0.717, 1.165) is 0 Å². The van der Waals surface area contributed by atoms with E-state index < -0.39 is 17.4 Å². The second-order valence-corrected chi connectivity index (χ2v) is 10.00. The highest BCUT2D eigenvalue weighted by molar-refractivity contribution is 6.35. The van der Waals surface area contributed by atoms with E-state index >= 15 is 0 Å². The lowest BCUT2D eigenvalue weighted by Gasteiger charge is -2.40. The molecule has 186 valence electrons. The molecule has 1 atom stereocenters. The second kappa shape index (κ2) is 9.03. The number of pyridine rings is 1. The number of nitrogens with zero attached hydrogens (tertiary/aromatic N) is 4. The third-order valence-electron chi connectivity index (χ3n) is 6.49. The van der Waals surface area contributed by atoms with Crippen molar-refractivity contribution >= 4 is 29.2 Å². The summed E-state index contributed by atoms with van der Waals surface area (Å²) in [7, 11) is 1.78. The Morgan fingerprint density at radius 2 is 2.06 bits per heavy atom. The van der Waals surface area contributed by atoms with E-state index in [-0.39, 0.29) is 64.1 Å². The van der Waals surface area contributed by atoms with Crippen LogP contribution in [-0.2, 0) is 4.79 Å². The van der Waals surface area contributed by atoms with Crippen LogP contribution in [0, 0.1) is 5.82 Å². The average Bonchev–Trinajstić information content (AvgIpc) is 2.95. The fourth-order valence-electron chi connectivity index (χ4n) is 4.25. The summed E-state index contributed by atoms with van der Waals surface area (Å²) < 4.78 is 20.9. The largest absolute Gasteiger partial charge is 0.507 e.